The number of carbonyl (C=O) groups excluding carboxylic acids is 2. The number of carbonyl (C=O) groups is 2. The number of para-hydroxylation sites is 1. The van der Waals surface area contributed by atoms with Gasteiger partial charge in [0, 0.05) is 49.0 Å². The van der Waals surface area contributed by atoms with Crippen LogP contribution in [0.25, 0.3) is 0 Å². The van der Waals surface area contributed by atoms with Crippen molar-refractivity contribution in [3.63, 3.8) is 0 Å². The lowest BCUT2D eigenvalue weighted by Gasteiger charge is -2.39. The van der Waals surface area contributed by atoms with E-state index in [4.69, 9.17) is 17.3 Å². The Bertz CT molecular complexity index is 1050. The highest BCUT2D eigenvalue weighted by molar-refractivity contribution is 6.30. The number of piperazine rings is 1. The monoisotopic (exact) mass is 523 g/mol. The van der Waals surface area contributed by atoms with E-state index in [0.29, 0.717) is 36.4 Å². The molecule has 2 aromatic carbocycles. The maximum Gasteiger partial charge on any atom is 0.239 e. The summed E-state index contributed by atoms with van der Waals surface area (Å²) in [6, 6.07) is 15.3. The van der Waals surface area contributed by atoms with Gasteiger partial charge in [-0.2, -0.15) is 0 Å². The summed E-state index contributed by atoms with van der Waals surface area (Å²) in [5, 5.41) is 0.695. The number of rotatable bonds is 12. The van der Waals surface area contributed by atoms with Crippen LogP contribution in [0.2, 0.25) is 5.02 Å². The minimum atomic E-state index is -0.442. The van der Waals surface area contributed by atoms with Gasteiger partial charge in [-0.1, -0.05) is 55.8 Å². The highest BCUT2D eigenvalue weighted by Crippen LogP contribution is 2.36. The van der Waals surface area contributed by atoms with Crippen LogP contribution in [0.3, 0.4) is 0 Å². The molecule has 1 unspecified atom stereocenters. The summed E-state index contributed by atoms with van der Waals surface area (Å²) in [6.45, 7) is 8.94. The van der Waals surface area contributed by atoms with Crippen LogP contribution in [0, 0.1) is 18.3 Å². The molecule has 1 heterocycles. The molecule has 2 aromatic rings. The summed E-state index contributed by atoms with van der Waals surface area (Å²) < 4.78 is 0. The first kappa shape index (κ1) is 27.5. The summed E-state index contributed by atoms with van der Waals surface area (Å²) in [5.74, 6) is 0.997. The minimum absolute atomic E-state index is 0.0576. The van der Waals surface area contributed by atoms with Gasteiger partial charge in [0.05, 0.1) is 6.42 Å². The third-order valence-corrected chi connectivity index (χ3v) is 7.66. The average Bonchev–Trinajstić information content (AvgIpc) is 3.71. The van der Waals surface area contributed by atoms with Crippen LogP contribution < -0.4 is 10.6 Å². The number of hydrogen-bond donors (Lipinski definition) is 1. The van der Waals surface area contributed by atoms with Crippen LogP contribution in [0.4, 0.5) is 5.69 Å². The van der Waals surface area contributed by atoms with Crippen molar-refractivity contribution in [2.45, 2.75) is 45.6 Å². The fraction of sp³-hybridized carbons (Fsp3) is 0.500. The van der Waals surface area contributed by atoms with Crippen molar-refractivity contribution in [1.29, 1.82) is 0 Å². The molecule has 2 fully saturated rings. The summed E-state index contributed by atoms with van der Waals surface area (Å²) in [6.07, 6.45) is 5.84. The Hall–Kier alpha value is -2.57. The van der Waals surface area contributed by atoms with E-state index in [-0.39, 0.29) is 11.8 Å². The number of amides is 2. The number of anilines is 1. The van der Waals surface area contributed by atoms with E-state index in [9.17, 15) is 9.59 Å². The van der Waals surface area contributed by atoms with E-state index >= 15 is 0 Å². The van der Waals surface area contributed by atoms with Crippen LogP contribution in [-0.4, -0.2) is 60.9 Å². The molecule has 7 heteroatoms. The zero-order valence-corrected chi connectivity index (χ0v) is 22.9. The second-order valence-corrected chi connectivity index (χ2v) is 11.3. The molecule has 0 spiro atoms. The van der Waals surface area contributed by atoms with Gasteiger partial charge in [-0.25, -0.2) is 0 Å². The van der Waals surface area contributed by atoms with Gasteiger partial charge in [0.2, 0.25) is 11.8 Å². The lowest BCUT2D eigenvalue weighted by Crippen LogP contribution is -2.49. The van der Waals surface area contributed by atoms with Crippen molar-refractivity contribution < 1.29 is 9.59 Å². The van der Waals surface area contributed by atoms with Crippen LogP contribution in [0.1, 0.15) is 50.3 Å². The Kier molecular flexibility index (Phi) is 9.49. The van der Waals surface area contributed by atoms with Crippen LogP contribution in [0.15, 0.2) is 48.5 Å². The molecule has 1 atom stereocenters. The topological polar surface area (TPSA) is 69.9 Å². The minimum Gasteiger partial charge on any atom is -0.368 e. The van der Waals surface area contributed by atoms with E-state index in [2.05, 4.69) is 35.8 Å². The fourth-order valence-electron chi connectivity index (χ4n) is 5.04. The predicted octanol–water partition coefficient (Wildman–Crippen LogP) is 4.72. The van der Waals surface area contributed by atoms with Crippen LogP contribution in [0.5, 0.6) is 0 Å². The largest absolute Gasteiger partial charge is 0.368 e. The second-order valence-electron chi connectivity index (χ2n) is 10.8. The van der Waals surface area contributed by atoms with Crippen molar-refractivity contribution >= 4 is 29.1 Å². The normalized spacial score (nSPS) is 16.9. The smallest absolute Gasteiger partial charge is 0.239 e. The van der Waals surface area contributed by atoms with Crippen molar-refractivity contribution in [2.75, 3.05) is 44.2 Å². The first-order valence-corrected chi connectivity index (χ1v) is 13.9. The number of halogens is 1. The quantitative estimate of drug-likeness (QED) is 0.437. The molecule has 1 saturated heterocycles. The molecule has 0 bridgehead atoms. The van der Waals surface area contributed by atoms with Gasteiger partial charge in [-0.05, 0) is 67.8 Å². The highest BCUT2D eigenvalue weighted by Gasteiger charge is 2.34. The molecule has 2 aliphatic rings. The van der Waals surface area contributed by atoms with E-state index < -0.39 is 6.04 Å². The molecule has 1 radical (unpaired) electrons. The van der Waals surface area contributed by atoms with Crippen molar-refractivity contribution in [2.24, 2.45) is 17.6 Å². The lowest BCUT2D eigenvalue weighted by atomic mass is 9.99. The molecule has 0 aromatic heterocycles. The van der Waals surface area contributed by atoms with E-state index in [1.54, 1.807) is 6.42 Å². The van der Waals surface area contributed by atoms with Crippen LogP contribution >= 0.6 is 11.6 Å². The van der Waals surface area contributed by atoms with Gasteiger partial charge in [0.25, 0.3) is 0 Å². The van der Waals surface area contributed by atoms with Gasteiger partial charge in [-0.15, -0.1) is 0 Å². The maximum absolute atomic E-state index is 12.9. The van der Waals surface area contributed by atoms with Crippen molar-refractivity contribution in [3.8, 4) is 0 Å². The molecule has 37 heavy (non-hydrogen) atoms. The Balaban J connectivity index is 1.42. The number of primary amides is 1. The Labute approximate surface area is 226 Å². The highest BCUT2D eigenvalue weighted by atomic mass is 35.5. The SMILES string of the molecule is CC(C)CCN(CC1CC1)C(C(N)=O)c1ccccc1N1CCN(C(=O)[CH]Cc2ccc(Cl)cc2)CC1. The maximum atomic E-state index is 12.9. The van der Waals surface area contributed by atoms with Gasteiger partial charge >= 0.3 is 0 Å². The van der Waals surface area contributed by atoms with Crippen LogP contribution in [-0.2, 0) is 16.0 Å². The van der Waals surface area contributed by atoms with E-state index in [0.717, 1.165) is 49.4 Å². The summed E-state index contributed by atoms with van der Waals surface area (Å²) in [7, 11) is 0. The molecule has 4 rings (SSSR count). The summed E-state index contributed by atoms with van der Waals surface area (Å²) in [4.78, 5) is 32.2. The molecule has 199 valence electrons. The van der Waals surface area contributed by atoms with Gasteiger partial charge in [0.1, 0.15) is 6.04 Å². The number of nitrogens with zero attached hydrogens (tertiary/aromatic N) is 3. The van der Waals surface area contributed by atoms with Gasteiger partial charge in [-0.3, -0.25) is 14.5 Å². The molecule has 1 aliphatic heterocycles. The first-order chi connectivity index (χ1) is 17.8. The van der Waals surface area contributed by atoms with Crippen molar-refractivity contribution in [3.05, 3.63) is 71.1 Å². The van der Waals surface area contributed by atoms with Crippen molar-refractivity contribution in [1.82, 2.24) is 9.80 Å². The number of benzene rings is 2. The molecular formula is C30H40ClN4O2. The third kappa shape index (κ3) is 7.71. The Morgan fingerprint density at radius 3 is 2.35 bits per heavy atom. The second kappa shape index (κ2) is 12.8. The standard InChI is InChI=1S/C30H40ClN4O2/c1-22(2)15-16-35(21-24-7-8-24)29(30(32)37)26-5-3-4-6-27(26)33-17-19-34(20-18-33)28(36)14-11-23-9-12-25(31)13-10-23/h3-6,9-10,12-14,22,24,29H,7-8,11,15-21H2,1-2H3,(H2,32,37). The predicted molar refractivity (Wildman–Crippen MR) is 150 cm³/mol. The first-order valence-electron chi connectivity index (χ1n) is 13.6. The molecular weight excluding hydrogens is 484 g/mol. The number of nitrogens with two attached hydrogens (primary N) is 1. The van der Waals surface area contributed by atoms with Gasteiger partial charge < -0.3 is 15.5 Å². The zero-order valence-electron chi connectivity index (χ0n) is 22.1. The lowest BCUT2D eigenvalue weighted by molar-refractivity contribution is -0.128. The molecule has 2 N–H and O–H groups in total. The number of hydrogen-bond acceptors (Lipinski definition) is 4. The summed E-state index contributed by atoms with van der Waals surface area (Å²) in [5.41, 5.74) is 9.15. The Morgan fingerprint density at radius 1 is 1.05 bits per heavy atom. The van der Waals surface area contributed by atoms with E-state index in [1.807, 2.05) is 41.3 Å². The molecule has 1 aliphatic carbocycles. The zero-order chi connectivity index (χ0) is 26.4. The van der Waals surface area contributed by atoms with E-state index in [1.165, 1.54) is 12.8 Å². The Morgan fingerprint density at radius 2 is 1.73 bits per heavy atom. The van der Waals surface area contributed by atoms with Gasteiger partial charge in [0.15, 0.2) is 0 Å². The average molecular weight is 524 g/mol. The molecule has 1 saturated carbocycles. The third-order valence-electron chi connectivity index (χ3n) is 7.41. The fourth-order valence-corrected chi connectivity index (χ4v) is 5.17. The molecule has 6 nitrogen and oxygen atoms in total. The summed E-state index contributed by atoms with van der Waals surface area (Å²) >= 11 is 5.96. The molecule has 2 amide bonds.